The van der Waals surface area contributed by atoms with E-state index >= 15 is 0 Å². The fourth-order valence-corrected chi connectivity index (χ4v) is 4.09. The number of carboxylic acids is 1. The van der Waals surface area contributed by atoms with Gasteiger partial charge in [-0.25, -0.2) is 4.52 Å². The fraction of sp³-hybridized carbons (Fsp3) is 0.308. The smallest absolute Gasteiger partial charge is 0.303 e. The Kier molecular flexibility index (Phi) is 7.10. The number of pyridine rings is 2. The predicted octanol–water partition coefficient (Wildman–Crippen LogP) is 4.79. The lowest BCUT2D eigenvalue weighted by atomic mass is 9.95. The molecule has 0 bridgehead atoms. The summed E-state index contributed by atoms with van der Waals surface area (Å²) in [5.74, 6) is -0.797. The van der Waals surface area contributed by atoms with Gasteiger partial charge in [-0.1, -0.05) is 6.92 Å². The molecule has 0 fully saturated rings. The molecule has 0 radical (unpaired) electrons. The van der Waals surface area contributed by atoms with Crippen molar-refractivity contribution in [3.8, 4) is 11.1 Å². The van der Waals surface area contributed by atoms with Gasteiger partial charge in [-0.2, -0.15) is 5.10 Å². The third-order valence-corrected chi connectivity index (χ3v) is 5.66. The van der Waals surface area contributed by atoms with E-state index in [1.807, 2.05) is 36.0 Å². The summed E-state index contributed by atoms with van der Waals surface area (Å²) < 4.78 is 8.04. The summed E-state index contributed by atoms with van der Waals surface area (Å²) in [7, 11) is 0. The molecule has 4 rings (SSSR count). The molecule has 170 valence electrons. The normalized spacial score (nSPS) is 11.2. The number of fused-ring (bicyclic) bond motifs is 1. The highest BCUT2D eigenvalue weighted by Crippen LogP contribution is 2.33. The number of aliphatic carboxylic acids is 1. The molecule has 7 heteroatoms. The van der Waals surface area contributed by atoms with Crippen LogP contribution in [0.3, 0.4) is 0 Å². The van der Waals surface area contributed by atoms with Crippen molar-refractivity contribution in [3.63, 3.8) is 0 Å². The second-order valence-corrected chi connectivity index (χ2v) is 8.12. The first-order valence-electron chi connectivity index (χ1n) is 11.2. The zero-order valence-electron chi connectivity index (χ0n) is 19.0. The van der Waals surface area contributed by atoms with Crippen molar-refractivity contribution in [1.82, 2.24) is 19.6 Å². The molecular weight excluding hydrogens is 416 g/mol. The van der Waals surface area contributed by atoms with E-state index < -0.39 is 5.97 Å². The zero-order chi connectivity index (χ0) is 23.2. The summed E-state index contributed by atoms with van der Waals surface area (Å²) in [5, 5.41) is 14.2. The average Bonchev–Trinajstić information content (AvgIpc) is 3.22. The van der Waals surface area contributed by atoms with Crippen molar-refractivity contribution >= 4 is 11.5 Å². The summed E-state index contributed by atoms with van der Waals surface area (Å²) >= 11 is 0. The van der Waals surface area contributed by atoms with Gasteiger partial charge in [0.1, 0.15) is 0 Å². The Balaban J connectivity index is 1.79. The van der Waals surface area contributed by atoms with Crippen LogP contribution in [0.25, 0.3) is 16.6 Å². The molecule has 4 aromatic rings. The topological polar surface area (TPSA) is 89.6 Å². The lowest BCUT2D eigenvalue weighted by Gasteiger charge is -2.18. The molecule has 0 aliphatic heterocycles. The van der Waals surface area contributed by atoms with Crippen molar-refractivity contribution in [3.05, 3.63) is 83.2 Å². The van der Waals surface area contributed by atoms with Gasteiger partial charge in [-0.3, -0.25) is 14.8 Å². The Labute approximate surface area is 193 Å². The summed E-state index contributed by atoms with van der Waals surface area (Å²) in [5.41, 5.74) is 8.11. The van der Waals surface area contributed by atoms with E-state index in [1.165, 1.54) is 0 Å². The molecule has 0 saturated carbocycles. The number of ether oxygens (including phenoxy) is 1. The number of aromatic nitrogens is 4. The first-order chi connectivity index (χ1) is 16.1. The standard InChI is InChI=1S/C26H28N4O3/c1-3-21-7-8-24-26(20-13-18(2)14-28-15-20)22(5-4-6-25(31)32)23(29-30(21)24)17-33-16-19-9-11-27-12-10-19/h7-15H,3-6,16-17H2,1-2H3,(H,31,32). The third-order valence-electron chi connectivity index (χ3n) is 5.66. The lowest BCUT2D eigenvalue weighted by molar-refractivity contribution is -0.137. The van der Waals surface area contributed by atoms with Crippen LogP contribution in [-0.4, -0.2) is 30.7 Å². The van der Waals surface area contributed by atoms with Gasteiger partial charge in [0.25, 0.3) is 0 Å². The van der Waals surface area contributed by atoms with Crippen molar-refractivity contribution < 1.29 is 14.6 Å². The van der Waals surface area contributed by atoms with Crippen LogP contribution in [0.15, 0.2) is 55.1 Å². The van der Waals surface area contributed by atoms with Gasteiger partial charge in [-0.05, 0) is 73.2 Å². The molecule has 33 heavy (non-hydrogen) atoms. The molecule has 0 amide bonds. The van der Waals surface area contributed by atoms with Gasteiger partial charge in [0, 0.05) is 48.0 Å². The maximum atomic E-state index is 11.2. The molecule has 0 aromatic carbocycles. The number of carboxylic acid groups (broad SMARTS) is 1. The van der Waals surface area contributed by atoms with Crippen LogP contribution in [0.5, 0.6) is 0 Å². The Morgan fingerprint density at radius 2 is 1.91 bits per heavy atom. The highest BCUT2D eigenvalue weighted by Gasteiger charge is 2.19. The molecular formula is C26H28N4O3. The van der Waals surface area contributed by atoms with E-state index in [-0.39, 0.29) is 6.42 Å². The van der Waals surface area contributed by atoms with E-state index in [1.54, 1.807) is 12.4 Å². The predicted molar refractivity (Wildman–Crippen MR) is 126 cm³/mol. The maximum Gasteiger partial charge on any atom is 0.303 e. The number of hydrogen-bond donors (Lipinski definition) is 1. The molecule has 4 heterocycles. The van der Waals surface area contributed by atoms with Crippen LogP contribution in [0.2, 0.25) is 0 Å². The maximum absolute atomic E-state index is 11.2. The Morgan fingerprint density at radius 1 is 1.09 bits per heavy atom. The molecule has 1 N–H and O–H groups in total. The molecule has 7 nitrogen and oxygen atoms in total. The van der Waals surface area contributed by atoms with Crippen LogP contribution >= 0.6 is 0 Å². The SMILES string of the molecule is CCc1ccc2c(-c3cncc(C)c3)c(CCCC(=O)O)c(COCc3ccncc3)nn12. The van der Waals surface area contributed by atoms with Crippen molar-refractivity contribution in [1.29, 1.82) is 0 Å². The highest BCUT2D eigenvalue weighted by molar-refractivity contribution is 5.84. The first kappa shape index (κ1) is 22.6. The van der Waals surface area contributed by atoms with Crippen LogP contribution in [0.4, 0.5) is 0 Å². The fourth-order valence-electron chi connectivity index (χ4n) is 4.09. The third kappa shape index (κ3) is 5.26. The zero-order valence-corrected chi connectivity index (χ0v) is 19.0. The van der Waals surface area contributed by atoms with Crippen molar-refractivity contribution in [2.75, 3.05) is 0 Å². The van der Waals surface area contributed by atoms with Crippen molar-refractivity contribution in [2.24, 2.45) is 0 Å². The van der Waals surface area contributed by atoms with E-state index in [2.05, 4.69) is 35.1 Å². The summed E-state index contributed by atoms with van der Waals surface area (Å²) in [6.45, 7) is 4.91. The van der Waals surface area contributed by atoms with Crippen LogP contribution in [0.1, 0.15) is 47.8 Å². The van der Waals surface area contributed by atoms with Gasteiger partial charge >= 0.3 is 5.97 Å². The van der Waals surface area contributed by atoms with Gasteiger partial charge < -0.3 is 9.84 Å². The monoisotopic (exact) mass is 444 g/mol. The molecule has 0 aliphatic rings. The minimum absolute atomic E-state index is 0.106. The summed E-state index contributed by atoms with van der Waals surface area (Å²) in [6.07, 6.45) is 9.27. The number of nitrogens with zero attached hydrogens (tertiary/aromatic N) is 4. The molecule has 0 spiro atoms. The molecule has 0 unspecified atom stereocenters. The summed E-state index contributed by atoms with van der Waals surface area (Å²) in [6, 6.07) is 10.2. The van der Waals surface area contributed by atoms with E-state index in [4.69, 9.17) is 9.84 Å². The van der Waals surface area contributed by atoms with E-state index in [0.29, 0.717) is 26.1 Å². The number of aryl methyl sites for hydroxylation is 2. The molecule has 0 saturated heterocycles. The van der Waals surface area contributed by atoms with Gasteiger partial charge in [0.15, 0.2) is 0 Å². The van der Waals surface area contributed by atoms with Crippen LogP contribution in [-0.2, 0) is 35.6 Å². The van der Waals surface area contributed by atoms with E-state index in [0.717, 1.165) is 51.1 Å². The Bertz CT molecular complexity index is 1250. The van der Waals surface area contributed by atoms with Crippen molar-refractivity contribution in [2.45, 2.75) is 52.7 Å². The minimum atomic E-state index is -0.797. The second kappa shape index (κ2) is 10.4. The van der Waals surface area contributed by atoms with E-state index in [9.17, 15) is 9.90 Å². The quantitative estimate of drug-likeness (QED) is 0.378. The van der Waals surface area contributed by atoms with Crippen LogP contribution < -0.4 is 0 Å². The summed E-state index contributed by atoms with van der Waals surface area (Å²) in [4.78, 5) is 19.7. The number of carbonyl (C=O) groups is 1. The molecule has 4 aromatic heterocycles. The lowest BCUT2D eigenvalue weighted by Crippen LogP contribution is -2.11. The van der Waals surface area contributed by atoms with Crippen LogP contribution in [0, 0.1) is 6.92 Å². The average molecular weight is 445 g/mol. The first-order valence-corrected chi connectivity index (χ1v) is 11.2. The van der Waals surface area contributed by atoms with Gasteiger partial charge in [0.2, 0.25) is 0 Å². The Hall–Kier alpha value is -3.58. The Morgan fingerprint density at radius 3 is 2.64 bits per heavy atom. The van der Waals surface area contributed by atoms with Gasteiger partial charge in [0.05, 0.1) is 24.4 Å². The highest BCUT2D eigenvalue weighted by atomic mass is 16.5. The number of rotatable bonds is 10. The minimum Gasteiger partial charge on any atom is -0.481 e. The number of hydrogen-bond acceptors (Lipinski definition) is 5. The molecule has 0 aliphatic carbocycles. The van der Waals surface area contributed by atoms with Gasteiger partial charge in [-0.15, -0.1) is 0 Å². The largest absolute Gasteiger partial charge is 0.481 e. The molecule has 0 atom stereocenters. The second-order valence-electron chi connectivity index (χ2n) is 8.12.